The molecule has 18 heavy (non-hydrogen) atoms. The number of nitrogens with two attached hydrogens (primary N) is 1. The van der Waals surface area contributed by atoms with Gasteiger partial charge in [-0.2, -0.15) is 0 Å². The first-order valence-corrected chi connectivity index (χ1v) is 7.30. The zero-order valence-corrected chi connectivity index (χ0v) is 11.2. The van der Waals surface area contributed by atoms with E-state index < -0.39 is 0 Å². The average Bonchev–Trinajstić information content (AvgIpc) is 3.12. The van der Waals surface area contributed by atoms with Crippen molar-refractivity contribution < 1.29 is 0 Å². The third-order valence-electron chi connectivity index (χ3n) is 4.52. The molecular weight excluding hydrogens is 220 g/mol. The predicted octanol–water partition coefficient (Wildman–Crippen LogP) is 2.71. The molecule has 2 aliphatic carbocycles. The molecule has 98 valence electrons. The van der Waals surface area contributed by atoms with Gasteiger partial charge in [-0.05, 0) is 44.6 Å². The standard InChI is InChI=1S/C16H24N2/c1-11-2-4-12(5-3-11)15-10-16(15)18-14-8-6-13(17)7-9-14/h2-5,13-16,18H,6-10,17H2,1H3. The highest BCUT2D eigenvalue weighted by Crippen LogP contribution is 2.41. The molecule has 3 N–H and O–H groups in total. The minimum atomic E-state index is 0.454. The minimum absolute atomic E-state index is 0.454. The lowest BCUT2D eigenvalue weighted by atomic mass is 9.92. The van der Waals surface area contributed by atoms with Crippen LogP contribution in [0.2, 0.25) is 0 Å². The Morgan fingerprint density at radius 3 is 2.39 bits per heavy atom. The van der Waals surface area contributed by atoms with Gasteiger partial charge in [-0.1, -0.05) is 29.8 Å². The van der Waals surface area contributed by atoms with Crippen molar-refractivity contribution in [3.8, 4) is 0 Å². The second-order valence-electron chi connectivity index (χ2n) is 6.14. The molecule has 0 saturated heterocycles. The third kappa shape index (κ3) is 2.76. The van der Waals surface area contributed by atoms with Gasteiger partial charge in [0.15, 0.2) is 0 Å². The van der Waals surface area contributed by atoms with Crippen LogP contribution in [0.5, 0.6) is 0 Å². The van der Waals surface area contributed by atoms with Gasteiger partial charge in [-0.15, -0.1) is 0 Å². The molecule has 0 heterocycles. The van der Waals surface area contributed by atoms with Crippen molar-refractivity contribution in [1.82, 2.24) is 5.32 Å². The van der Waals surface area contributed by atoms with E-state index >= 15 is 0 Å². The van der Waals surface area contributed by atoms with Crippen LogP contribution in [0.1, 0.15) is 49.1 Å². The van der Waals surface area contributed by atoms with Gasteiger partial charge in [-0.25, -0.2) is 0 Å². The maximum atomic E-state index is 5.95. The Morgan fingerprint density at radius 1 is 1.06 bits per heavy atom. The first-order chi connectivity index (χ1) is 8.72. The molecule has 2 heteroatoms. The summed E-state index contributed by atoms with van der Waals surface area (Å²) >= 11 is 0. The van der Waals surface area contributed by atoms with Gasteiger partial charge < -0.3 is 11.1 Å². The molecule has 2 fully saturated rings. The van der Waals surface area contributed by atoms with Crippen LogP contribution in [-0.4, -0.2) is 18.1 Å². The van der Waals surface area contributed by atoms with Gasteiger partial charge in [0, 0.05) is 24.0 Å². The van der Waals surface area contributed by atoms with E-state index in [9.17, 15) is 0 Å². The molecule has 0 bridgehead atoms. The van der Waals surface area contributed by atoms with Gasteiger partial charge >= 0.3 is 0 Å². The predicted molar refractivity (Wildman–Crippen MR) is 75.7 cm³/mol. The maximum absolute atomic E-state index is 5.95. The van der Waals surface area contributed by atoms with Gasteiger partial charge in [0.1, 0.15) is 0 Å². The van der Waals surface area contributed by atoms with Gasteiger partial charge in [-0.3, -0.25) is 0 Å². The first-order valence-electron chi connectivity index (χ1n) is 7.30. The van der Waals surface area contributed by atoms with E-state index in [1.54, 1.807) is 0 Å². The third-order valence-corrected chi connectivity index (χ3v) is 4.52. The Bertz CT molecular complexity index is 390. The summed E-state index contributed by atoms with van der Waals surface area (Å²) in [6, 6.07) is 10.9. The lowest BCUT2D eigenvalue weighted by Crippen LogP contribution is -2.38. The molecule has 1 aromatic rings. The zero-order valence-electron chi connectivity index (χ0n) is 11.2. The quantitative estimate of drug-likeness (QED) is 0.858. The fraction of sp³-hybridized carbons (Fsp3) is 0.625. The Hall–Kier alpha value is -0.860. The SMILES string of the molecule is Cc1ccc(C2CC2NC2CCC(N)CC2)cc1. The fourth-order valence-corrected chi connectivity index (χ4v) is 3.15. The molecule has 2 nitrogen and oxygen atoms in total. The monoisotopic (exact) mass is 244 g/mol. The van der Waals surface area contributed by atoms with E-state index in [0.29, 0.717) is 18.1 Å². The Morgan fingerprint density at radius 2 is 1.72 bits per heavy atom. The number of nitrogens with one attached hydrogen (secondary N) is 1. The van der Waals surface area contributed by atoms with Crippen molar-refractivity contribution in [2.45, 2.75) is 63.1 Å². The van der Waals surface area contributed by atoms with Crippen molar-refractivity contribution in [3.05, 3.63) is 35.4 Å². The summed E-state index contributed by atoms with van der Waals surface area (Å²) in [7, 11) is 0. The summed E-state index contributed by atoms with van der Waals surface area (Å²) < 4.78 is 0. The van der Waals surface area contributed by atoms with Crippen LogP contribution in [0.25, 0.3) is 0 Å². The van der Waals surface area contributed by atoms with E-state index in [0.717, 1.165) is 5.92 Å². The normalized spacial score (nSPS) is 35.4. The van der Waals surface area contributed by atoms with Crippen molar-refractivity contribution >= 4 is 0 Å². The summed E-state index contributed by atoms with van der Waals surface area (Å²) in [5.41, 5.74) is 8.81. The number of aryl methyl sites for hydroxylation is 1. The number of hydrogen-bond acceptors (Lipinski definition) is 2. The van der Waals surface area contributed by atoms with E-state index in [1.165, 1.54) is 43.2 Å². The number of benzene rings is 1. The molecule has 0 spiro atoms. The van der Waals surface area contributed by atoms with E-state index in [2.05, 4.69) is 36.5 Å². The van der Waals surface area contributed by atoms with Crippen molar-refractivity contribution in [2.75, 3.05) is 0 Å². The Kier molecular flexibility index (Phi) is 3.40. The lowest BCUT2D eigenvalue weighted by Gasteiger charge is -2.27. The Labute approximate surface area is 110 Å². The molecule has 1 aromatic carbocycles. The highest BCUT2D eigenvalue weighted by molar-refractivity contribution is 5.30. The highest BCUT2D eigenvalue weighted by atomic mass is 15.0. The number of rotatable bonds is 3. The van der Waals surface area contributed by atoms with Crippen molar-refractivity contribution in [3.63, 3.8) is 0 Å². The Balaban J connectivity index is 1.50. The zero-order chi connectivity index (χ0) is 12.5. The summed E-state index contributed by atoms with van der Waals surface area (Å²) in [5, 5.41) is 3.82. The molecule has 2 unspecified atom stereocenters. The summed E-state index contributed by atoms with van der Waals surface area (Å²) in [6.45, 7) is 2.15. The average molecular weight is 244 g/mol. The van der Waals surface area contributed by atoms with Crippen molar-refractivity contribution in [2.24, 2.45) is 5.73 Å². The summed E-state index contributed by atoms with van der Waals surface area (Å²) in [5.74, 6) is 0.751. The molecule has 0 amide bonds. The second-order valence-corrected chi connectivity index (χ2v) is 6.14. The molecule has 3 rings (SSSR count). The van der Waals surface area contributed by atoms with E-state index in [4.69, 9.17) is 5.73 Å². The second kappa shape index (κ2) is 5.02. The molecule has 0 aliphatic heterocycles. The molecular formula is C16H24N2. The van der Waals surface area contributed by atoms with E-state index in [1.807, 2.05) is 0 Å². The summed E-state index contributed by atoms with van der Waals surface area (Å²) in [6.07, 6.45) is 6.22. The molecule has 2 atom stereocenters. The van der Waals surface area contributed by atoms with Crippen LogP contribution in [0, 0.1) is 6.92 Å². The lowest BCUT2D eigenvalue weighted by molar-refractivity contribution is 0.339. The fourth-order valence-electron chi connectivity index (χ4n) is 3.15. The van der Waals surface area contributed by atoms with Gasteiger partial charge in [0.2, 0.25) is 0 Å². The van der Waals surface area contributed by atoms with Gasteiger partial charge in [0.25, 0.3) is 0 Å². The van der Waals surface area contributed by atoms with Crippen LogP contribution in [0.3, 0.4) is 0 Å². The molecule has 2 saturated carbocycles. The van der Waals surface area contributed by atoms with E-state index in [-0.39, 0.29) is 0 Å². The van der Waals surface area contributed by atoms with Crippen LogP contribution < -0.4 is 11.1 Å². The smallest absolute Gasteiger partial charge is 0.0145 e. The molecule has 2 aliphatic rings. The van der Waals surface area contributed by atoms with Crippen LogP contribution in [0.4, 0.5) is 0 Å². The van der Waals surface area contributed by atoms with Crippen LogP contribution in [-0.2, 0) is 0 Å². The summed E-state index contributed by atoms with van der Waals surface area (Å²) in [4.78, 5) is 0. The van der Waals surface area contributed by atoms with Crippen LogP contribution >= 0.6 is 0 Å². The maximum Gasteiger partial charge on any atom is 0.0145 e. The number of hydrogen-bond donors (Lipinski definition) is 2. The minimum Gasteiger partial charge on any atom is -0.328 e. The van der Waals surface area contributed by atoms with Gasteiger partial charge in [0.05, 0.1) is 0 Å². The molecule has 0 aromatic heterocycles. The van der Waals surface area contributed by atoms with Crippen LogP contribution in [0.15, 0.2) is 24.3 Å². The first kappa shape index (κ1) is 12.2. The highest BCUT2D eigenvalue weighted by Gasteiger charge is 2.39. The molecule has 0 radical (unpaired) electrons. The topological polar surface area (TPSA) is 38.0 Å². The van der Waals surface area contributed by atoms with Crippen molar-refractivity contribution in [1.29, 1.82) is 0 Å². The largest absolute Gasteiger partial charge is 0.328 e.